The molecule has 0 saturated carbocycles. The van der Waals surface area contributed by atoms with Gasteiger partial charge < -0.3 is 15.3 Å². The van der Waals surface area contributed by atoms with Crippen molar-refractivity contribution in [3.8, 4) is 0 Å². The first kappa shape index (κ1) is 14.0. The number of hydrogen-bond acceptors (Lipinski definition) is 3. The Morgan fingerprint density at radius 1 is 1.35 bits per heavy atom. The molecule has 2 N–H and O–H groups in total. The van der Waals surface area contributed by atoms with Gasteiger partial charge in [0, 0.05) is 32.5 Å². The number of carbonyl (C=O) groups excluding carboxylic acids is 2. The number of aliphatic hydroxyl groups is 1. The average Bonchev–Trinajstić information content (AvgIpc) is 2.25. The molecule has 1 aliphatic heterocycles. The van der Waals surface area contributed by atoms with Crippen LogP contribution in [0.2, 0.25) is 0 Å². The lowest BCUT2D eigenvalue weighted by Gasteiger charge is -2.31. The Balaban J connectivity index is 2.33. The van der Waals surface area contributed by atoms with Gasteiger partial charge in [0.05, 0.1) is 5.60 Å². The number of nitrogens with zero attached hydrogens (tertiary/aromatic N) is 1. The summed E-state index contributed by atoms with van der Waals surface area (Å²) in [6.07, 6.45) is 1.41. The van der Waals surface area contributed by atoms with Crippen molar-refractivity contribution in [3.63, 3.8) is 0 Å². The largest absolute Gasteiger partial charge is 0.389 e. The van der Waals surface area contributed by atoms with Crippen LogP contribution in [0.3, 0.4) is 0 Å². The van der Waals surface area contributed by atoms with E-state index in [2.05, 4.69) is 5.32 Å². The maximum absolute atomic E-state index is 11.8. The highest BCUT2D eigenvalue weighted by atomic mass is 16.3. The molecule has 0 aliphatic carbocycles. The predicted molar refractivity (Wildman–Crippen MR) is 64.3 cm³/mol. The van der Waals surface area contributed by atoms with Gasteiger partial charge in [-0.25, -0.2) is 0 Å². The first-order valence-electron chi connectivity index (χ1n) is 6.05. The van der Waals surface area contributed by atoms with Crippen LogP contribution in [0.25, 0.3) is 0 Å². The van der Waals surface area contributed by atoms with E-state index in [4.69, 9.17) is 0 Å². The van der Waals surface area contributed by atoms with E-state index in [1.165, 1.54) is 0 Å². The Morgan fingerprint density at radius 3 is 2.29 bits per heavy atom. The van der Waals surface area contributed by atoms with E-state index >= 15 is 0 Å². The molecule has 0 unspecified atom stereocenters. The summed E-state index contributed by atoms with van der Waals surface area (Å²) >= 11 is 0. The minimum Gasteiger partial charge on any atom is -0.389 e. The van der Waals surface area contributed by atoms with E-state index < -0.39 is 5.60 Å². The highest BCUT2D eigenvalue weighted by molar-refractivity contribution is 5.79. The van der Waals surface area contributed by atoms with E-state index in [0.717, 1.165) is 0 Å². The minimum atomic E-state index is -0.879. The first-order chi connectivity index (χ1) is 7.79. The number of amides is 2. The van der Waals surface area contributed by atoms with Crippen molar-refractivity contribution in [1.82, 2.24) is 10.2 Å². The standard InChI is InChI=1S/C12H22N2O3/c1-9(15)14-6-4-10(5-7-14)11(16)13-8-12(2,3)17/h10,17H,4-8H2,1-3H3,(H,13,16). The van der Waals surface area contributed by atoms with Crippen LogP contribution in [-0.2, 0) is 9.59 Å². The second-order valence-corrected chi connectivity index (χ2v) is 5.31. The third-order valence-corrected chi connectivity index (χ3v) is 3.01. The molecule has 98 valence electrons. The number of carbonyl (C=O) groups is 2. The Kier molecular flexibility index (Phi) is 4.51. The van der Waals surface area contributed by atoms with Gasteiger partial charge >= 0.3 is 0 Å². The molecule has 1 rings (SSSR count). The van der Waals surface area contributed by atoms with Crippen LogP contribution >= 0.6 is 0 Å². The lowest BCUT2D eigenvalue weighted by atomic mass is 9.95. The van der Waals surface area contributed by atoms with Crippen LogP contribution in [-0.4, -0.2) is 47.1 Å². The molecule has 0 bridgehead atoms. The fourth-order valence-electron chi connectivity index (χ4n) is 1.90. The summed E-state index contributed by atoms with van der Waals surface area (Å²) in [7, 11) is 0. The third kappa shape index (κ3) is 4.73. The van der Waals surface area contributed by atoms with E-state index in [-0.39, 0.29) is 24.3 Å². The van der Waals surface area contributed by atoms with Gasteiger partial charge in [-0.2, -0.15) is 0 Å². The second kappa shape index (κ2) is 5.49. The summed E-state index contributed by atoms with van der Waals surface area (Å²) in [4.78, 5) is 24.7. The van der Waals surface area contributed by atoms with Crippen molar-refractivity contribution in [1.29, 1.82) is 0 Å². The zero-order valence-electron chi connectivity index (χ0n) is 10.8. The molecule has 1 fully saturated rings. The van der Waals surface area contributed by atoms with Gasteiger partial charge in [0.25, 0.3) is 0 Å². The van der Waals surface area contributed by atoms with E-state index in [1.807, 2.05) is 0 Å². The zero-order valence-corrected chi connectivity index (χ0v) is 10.8. The van der Waals surface area contributed by atoms with Crippen molar-refractivity contribution in [2.24, 2.45) is 5.92 Å². The molecule has 0 aromatic rings. The van der Waals surface area contributed by atoms with Crippen LogP contribution in [0.1, 0.15) is 33.6 Å². The summed E-state index contributed by atoms with van der Waals surface area (Å²) in [5.74, 6) is 0.0172. The molecule has 1 heterocycles. The quantitative estimate of drug-likeness (QED) is 0.739. The van der Waals surface area contributed by atoms with Gasteiger partial charge in [0.15, 0.2) is 0 Å². The van der Waals surface area contributed by atoms with Gasteiger partial charge in [-0.1, -0.05) is 0 Å². The SMILES string of the molecule is CC(=O)N1CCC(C(=O)NCC(C)(C)O)CC1. The number of nitrogens with one attached hydrogen (secondary N) is 1. The summed E-state index contributed by atoms with van der Waals surface area (Å²) in [6, 6.07) is 0. The summed E-state index contributed by atoms with van der Waals surface area (Å²) in [6.45, 7) is 6.43. The topological polar surface area (TPSA) is 69.6 Å². The van der Waals surface area contributed by atoms with Crippen molar-refractivity contribution in [3.05, 3.63) is 0 Å². The lowest BCUT2D eigenvalue weighted by Crippen LogP contribution is -2.45. The van der Waals surface area contributed by atoms with Crippen LogP contribution < -0.4 is 5.32 Å². The normalized spacial score (nSPS) is 18.0. The van der Waals surface area contributed by atoms with Gasteiger partial charge in [0.2, 0.25) is 11.8 Å². The van der Waals surface area contributed by atoms with Crippen molar-refractivity contribution >= 4 is 11.8 Å². The first-order valence-corrected chi connectivity index (χ1v) is 6.05. The summed E-state index contributed by atoms with van der Waals surface area (Å²) in [5, 5.41) is 12.3. The highest BCUT2D eigenvalue weighted by Crippen LogP contribution is 2.17. The van der Waals surface area contributed by atoms with Gasteiger partial charge in [-0.3, -0.25) is 9.59 Å². The Hall–Kier alpha value is -1.10. The zero-order chi connectivity index (χ0) is 13.1. The van der Waals surface area contributed by atoms with E-state index in [0.29, 0.717) is 25.9 Å². The van der Waals surface area contributed by atoms with Gasteiger partial charge in [-0.05, 0) is 26.7 Å². The summed E-state index contributed by atoms with van der Waals surface area (Å²) < 4.78 is 0. The van der Waals surface area contributed by atoms with Crippen LogP contribution in [0, 0.1) is 5.92 Å². The average molecular weight is 242 g/mol. The molecule has 17 heavy (non-hydrogen) atoms. The molecular formula is C12H22N2O3. The molecule has 0 spiro atoms. The number of piperidine rings is 1. The maximum atomic E-state index is 11.8. The molecular weight excluding hydrogens is 220 g/mol. The molecule has 2 amide bonds. The molecule has 0 aromatic carbocycles. The molecule has 1 saturated heterocycles. The summed E-state index contributed by atoms with van der Waals surface area (Å²) in [5.41, 5.74) is -0.879. The maximum Gasteiger partial charge on any atom is 0.223 e. The molecule has 0 atom stereocenters. The Bertz CT molecular complexity index is 289. The molecule has 5 nitrogen and oxygen atoms in total. The molecule has 0 radical (unpaired) electrons. The van der Waals surface area contributed by atoms with Crippen molar-refractivity contribution < 1.29 is 14.7 Å². The number of rotatable bonds is 3. The Morgan fingerprint density at radius 2 is 1.88 bits per heavy atom. The van der Waals surface area contributed by atoms with Crippen molar-refractivity contribution in [2.75, 3.05) is 19.6 Å². The van der Waals surface area contributed by atoms with Gasteiger partial charge in [-0.15, -0.1) is 0 Å². The minimum absolute atomic E-state index is 0.0182. The second-order valence-electron chi connectivity index (χ2n) is 5.31. The predicted octanol–water partition coefficient (Wildman–Crippen LogP) is 0.132. The smallest absolute Gasteiger partial charge is 0.223 e. The molecule has 5 heteroatoms. The lowest BCUT2D eigenvalue weighted by molar-refractivity contribution is -0.134. The fraction of sp³-hybridized carbons (Fsp3) is 0.833. The van der Waals surface area contributed by atoms with Gasteiger partial charge in [0.1, 0.15) is 0 Å². The number of hydrogen-bond donors (Lipinski definition) is 2. The van der Waals surface area contributed by atoms with E-state index in [9.17, 15) is 14.7 Å². The third-order valence-electron chi connectivity index (χ3n) is 3.01. The molecule has 1 aliphatic rings. The fourth-order valence-corrected chi connectivity index (χ4v) is 1.90. The van der Waals surface area contributed by atoms with Crippen LogP contribution in [0.5, 0.6) is 0 Å². The molecule has 0 aromatic heterocycles. The Labute approximate surface area is 102 Å². The van der Waals surface area contributed by atoms with Crippen LogP contribution in [0.4, 0.5) is 0 Å². The van der Waals surface area contributed by atoms with Crippen molar-refractivity contribution in [2.45, 2.75) is 39.2 Å². The van der Waals surface area contributed by atoms with E-state index in [1.54, 1.807) is 25.7 Å². The highest BCUT2D eigenvalue weighted by Gasteiger charge is 2.26. The monoisotopic (exact) mass is 242 g/mol. The number of likely N-dealkylation sites (tertiary alicyclic amines) is 1. The van der Waals surface area contributed by atoms with Crippen LogP contribution in [0.15, 0.2) is 0 Å².